The number of amides is 1. The molecule has 3 aromatic rings. The highest BCUT2D eigenvalue weighted by Gasteiger charge is 2.47. The molecule has 1 aliphatic heterocycles. The van der Waals surface area contributed by atoms with Crippen molar-refractivity contribution in [2.75, 3.05) is 19.1 Å². The third-order valence-corrected chi connectivity index (χ3v) is 6.25. The molecule has 3 aromatic carbocycles. The third-order valence-electron chi connectivity index (χ3n) is 6.25. The van der Waals surface area contributed by atoms with Gasteiger partial charge in [-0.15, -0.1) is 0 Å². The Hall–Kier alpha value is -4.06. The monoisotopic (exact) mass is 471 g/mol. The van der Waals surface area contributed by atoms with E-state index in [0.29, 0.717) is 22.7 Å². The van der Waals surface area contributed by atoms with E-state index in [1.807, 2.05) is 24.3 Å². The van der Waals surface area contributed by atoms with E-state index in [2.05, 4.69) is 20.8 Å². The Morgan fingerprint density at radius 2 is 1.31 bits per heavy atom. The van der Waals surface area contributed by atoms with Gasteiger partial charge in [0.15, 0.2) is 0 Å². The van der Waals surface area contributed by atoms with Gasteiger partial charge in [-0.2, -0.15) is 0 Å². The zero-order chi connectivity index (χ0) is 25.3. The van der Waals surface area contributed by atoms with Crippen molar-refractivity contribution in [2.24, 2.45) is 0 Å². The van der Waals surface area contributed by atoms with Crippen LogP contribution in [0.2, 0.25) is 0 Å². The molecule has 1 unspecified atom stereocenters. The molecule has 0 spiro atoms. The Morgan fingerprint density at radius 1 is 0.800 bits per heavy atom. The molecular formula is C29H29NO5. The fourth-order valence-corrected chi connectivity index (χ4v) is 4.23. The molecule has 1 aliphatic rings. The minimum atomic E-state index is -0.792. The zero-order valence-corrected chi connectivity index (χ0v) is 20.5. The number of carbonyl (C=O) groups is 2. The average Bonchev–Trinajstić information content (AvgIpc) is 3.13. The van der Waals surface area contributed by atoms with E-state index in [1.165, 1.54) is 4.90 Å². The van der Waals surface area contributed by atoms with Crippen LogP contribution >= 0.6 is 0 Å². The van der Waals surface area contributed by atoms with Gasteiger partial charge < -0.3 is 14.6 Å². The molecule has 4 rings (SSSR count). The van der Waals surface area contributed by atoms with E-state index >= 15 is 0 Å². The smallest absolute Gasteiger partial charge is 0.300 e. The van der Waals surface area contributed by atoms with Gasteiger partial charge in [-0.3, -0.25) is 14.5 Å². The first-order valence-electron chi connectivity index (χ1n) is 11.4. The van der Waals surface area contributed by atoms with Gasteiger partial charge >= 0.3 is 0 Å². The summed E-state index contributed by atoms with van der Waals surface area (Å²) in [4.78, 5) is 28.0. The van der Waals surface area contributed by atoms with Crippen molar-refractivity contribution in [3.05, 3.63) is 95.1 Å². The second-order valence-electron chi connectivity index (χ2n) is 9.47. The Morgan fingerprint density at radius 3 is 1.80 bits per heavy atom. The normalized spacial score (nSPS) is 17.5. The van der Waals surface area contributed by atoms with Crippen molar-refractivity contribution in [3.8, 4) is 11.5 Å². The Balaban J connectivity index is 1.89. The summed E-state index contributed by atoms with van der Waals surface area (Å²) in [6, 6.07) is 20.7. The number of ether oxygens (including phenoxy) is 2. The number of Topliss-reactive ketones (excluding diaryl/α,β-unsaturated/α-hetero) is 1. The van der Waals surface area contributed by atoms with Gasteiger partial charge in [0.2, 0.25) is 0 Å². The van der Waals surface area contributed by atoms with Crippen LogP contribution in [0.25, 0.3) is 5.76 Å². The van der Waals surface area contributed by atoms with E-state index in [0.717, 1.165) is 11.1 Å². The van der Waals surface area contributed by atoms with Gasteiger partial charge in [0.25, 0.3) is 11.7 Å². The van der Waals surface area contributed by atoms with Crippen molar-refractivity contribution in [3.63, 3.8) is 0 Å². The zero-order valence-electron chi connectivity index (χ0n) is 20.5. The molecule has 180 valence electrons. The minimum absolute atomic E-state index is 0.0412. The highest BCUT2D eigenvalue weighted by Crippen LogP contribution is 2.43. The summed E-state index contributed by atoms with van der Waals surface area (Å²) < 4.78 is 10.4. The van der Waals surface area contributed by atoms with Crippen LogP contribution in [0.1, 0.15) is 43.5 Å². The van der Waals surface area contributed by atoms with Gasteiger partial charge in [0.1, 0.15) is 17.3 Å². The van der Waals surface area contributed by atoms with Crippen LogP contribution in [0.15, 0.2) is 78.4 Å². The second kappa shape index (κ2) is 9.29. The first-order valence-corrected chi connectivity index (χ1v) is 11.4. The van der Waals surface area contributed by atoms with Crippen LogP contribution in [-0.2, 0) is 15.0 Å². The van der Waals surface area contributed by atoms with E-state index in [-0.39, 0.29) is 16.7 Å². The van der Waals surface area contributed by atoms with Crippen LogP contribution in [0.5, 0.6) is 11.5 Å². The number of methoxy groups -OCH3 is 2. The highest BCUT2D eigenvalue weighted by molar-refractivity contribution is 6.51. The lowest BCUT2D eigenvalue weighted by Crippen LogP contribution is -2.29. The fraction of sp³-hybridized carbons (Fsp3) is 0.241. The molecule has 35 heavy (non-hydrogen) atoms. The van der Waals surface area contributed by atoms with E-state index in [1.54, 1.807) is 62.8 Å². The molecule has 0 saturated carbocycles. The number of nitrogens with zero attached hydrogens (tertiary/aromatic N) is 1. The summed E-state index contributed by atoms with van der Waals surface area (Å²) in [5, 5.41) is 11.3. The van der Waals surface area contributed by atoms with Crippen molar-refractivity contribution in [1.82, 2.24) is 0 Å². The minimum Gasteiger partial charge on any atom is -0.507 e. The fourth-order valence-electron chi connectivity index (χ4n) is 4.23. The SMILES string of the molecule is COc1ccc(/C(O)=C2/C(=O)C(=O)N(c3ccc(OC)cc3)C2c2ccc(C(C)(C)C)cc2)cc1. The molecule has 0 aliphatic carbocycles. The van der Waals surface area contributed by atoms with Crippen molar-refractivity contribution in [2.45, 2.75) is 32.2 Å². The molecule has 6 nitrogen and oxygen atoms in total. The number of ketones is 1. The molecule has 1 atom stereocenters. The van der Waals surface area contributed by atoms with Crippen LogP contribution in [0, 0.1) is 0 Å². The maximum absolute atomic E-state index is 13.3. The van der Waals surface area contributed by atoms with Crippen LogP contribution in [-0.4, -0.2) is 31.0 Å². The number of carbonyl (C=O) groups excluding carboxylic acids is 2. The number of rotatable bonds is 5. The molecule has 1 N–H and O–H groups in total. The lowest BCUT2D eigenvalue weighted by molar-refractivity contribution is -0.132. The molecule has 1 amide bonds. The number of anilines is 1. The predicted molar refractivity (Wildman–Crippen MR) is 136 cm³/mol. The maximum Gasteiger partial charge on any atom is 0.300 e. The molecule has 1 heterocycles. The first-order chi connectivity index (χ1) is 16.7. The maximum atomic E-state index is 13.3. The Kier molecular flexibility index (Phi) is 6.39. The lowest BCUT2D eigenvalue weighted by atomic mass is 9.85. The van der Waals surface area contributed by atoms with Crippen molar-refractivity contribution >= 4 is 23.1 Å². The summed E-state index contributed by atoms with van der Waals surface area (Å²) in [7, 11) is 3.11. The topological polar surface area (TPSA) is 76.1 Å². The average molecular weight is 472 g/mol. The largest absolute Gasteiger partial charge is 0.507 e. The number of benzene rings is 3. The number of hydrogen-bond acceptors (Lipinski definition) is 5. The number of hydrogen-bond donors (Lipinski definition) is 1. The summed E-state index contributed by atoms with van der Waals surface area (Å²) >= 11 is 0. The van der Waals surface area contributed by atoms with Crippen LogP contribution in [0.3, 0.4) is 0 Å². The Bertz CT molecular complexity index is 1270. The molecular weight excluding hydrogens is 442 g/mol. The predicted octanol–water partition coefficient (Wildman–Crippen LogP) is 5.63. The molecule has 1 fully saturated rings. The van der Waals surface area contributed by atoms with E-state index in [9.17, 15) is 14.7 Å². The molecule has 0 bridgehead atoms. The van der Waals surface area contributed by atoms with Gasteiger partial charge in [0.05, 0.1) is 25.8 Å². The quantitative estimate of drug-likeness (QED) is 0.297. The molecule has 1 saturated heterocycles. The van der Waals surface area contributed by atoms with Crippen LogP contribution in [0.4, 0.5) is 5.69 Å². The summed E-state index contributed by atoms with van der Waals surface area (Å²) in [6.07, 6.45) is 0. The van der Waals surface area contributed by atoms with Crippen LogP contribution < -0.4 is 14.4 Å². The molecule has 6 heteroatoms. The van der Waals surface area contributed by atoms with Gasteiger partial charge in [-0.1, -0.05) is 45.0 Å². The number of aliphatic hydroxyl groups excluding tert-OH is 1. The van der Waals surface area contributed by atoms with Gasteiger partial charge in [-0.05, 0) is 65.1 Å². The number of aliphatic hydroxyl groups is 1. The second-order valence-corrected chi connectivity index (χ2v) is 9.47. The lowest BCUT2D eigenvalue weighted by Gasteiger charge is -2.26. The summed E-state index contributed by atoms with van der Waals surface area (Å²) in [6.45, 7) is 6.36. The standard InChI is InChI=1S/C29H29NO5/c1-29(2,3)20-10-6-18(7-11-20)25-24(26(31)19-8-14-22(34-4)15-9-19)27(32)28(33)30(25)21-12-16-23(35-5)17-13-21/h6-17,25,31H,1-5H3/b26-24-. The van der Waals surface area contributed by atoms with E-state index < -0.39 is 17.7 Å². The molecule has 0 radical (unpaired) electrons. The highest BCUT2D eigenvalue weighted by atomic mass is 16.5. The van der Waals surface area contributed by atoms with Crippen molar-refractivity contribution < 1.29 is 24.2 Å². The molecule has 0 aromatic heterocycles. The van der Waals surface area contributed by atoms with Gasteiger partial charge in [0, 0.05) is 11.3 Å². The van der Waals surface area contributed by atoms with E-state index in [4.69, 9.17) is 9.47 Å². The van der Waals surface area contributed by atoms with Gasteiger partial charge in [-0.25, -0.2) is 0 Å². The van der Waals surface area contributed by atoms with Crippen molar-refractivity contribution in [1.29, 1.82) is 0 Å². The first kappa shape index (κ1) is 24.1. The third kappa shape index (κ3) is 4.52. The summed E-state index contributed by atoms with van der Waals surface area (Å²) in [5.74, 6) is -0.412. The Labute approximate surface area is 205 Å². The summed E-state index contributed by atoms with van der Waals surface area (Å²) in [5.41, 5.74) is 2.79.